The van der Waals surface area contributed by atoms with Crippen LogP contribution in [0.1, 0.15) is 34.0 Å². The Labute approximate surface area is 195 Å². The summed E-state index contributed by atoms with van der Waals surface area (Å²) in [5.74, 6) is -0.0119. The molecule has 4 aromatic carbocycles. The molecule has 0 unspecified atom stereocenters. The molecule has 1 amide bonds. The highest BCUT2D eigenvalue weighted by Gasteiger charge is 2.14. The molecule has 1 N–H and O–H groups in total. The van der Waals surface area contributed by atoms with Crippen molar-refractivity contribution < 1.29 is 4.79 Å². The maximum absolute atomic E-state index is 13.1. The van der Waals surface area contributed by atoms with Crippen molar-refractivity contribution in [2.75, 3.05) is 13.6 Å². The molecule has 0 aliphatic carbocycles. The first kappa shape index (κ1) is 22.3. The van der Waals surface area contributed by atoms with Gasteiger partial charge in [0.05, 0.1) is 11.6 Å². The molecular formula is C29H27N3O. The third-order valence-corrected chi connectivity index (χ3v) is 5.85. The van der Waals surface area contributed by atoms with Crippen LogP contribution in [0.3, 0.4) is 0 Å². The number of nitrogens with one attached hydrogen (secondary N) is 1. The summed E-state index contributed by atoms with van der Waals surface area (Å²) in [6, 6.07) is 30.0. The van der Waals surface area contributed by atoms with E-state index in [1.165, 1.54) is 16.3 Å². The fourth-order valence-electron chi connectivity index (χ4n) is 4.01. The number of amides is 1. The van der Waals surface area contributed by atoms with Crippen molar-refractivity contribution in [3.63, 3.8) is 0 Å². The zero-order chi connectivity index (χ0) is 23.2. The zero-order valence-electron chi connectivity index (χ0n) is 19.0. The van der Waals surface area contributed by atoms with Gasteiger partial charge in [0, 0.05) is 25.7 Å². The minimum atomic E-state index is -0.0119. The first-order chi connectivity index (χ1) is 16.1. The average molecular weight is 434 g/mol. The summed E-state index contributed by atoms with van der Waals surface area (Å²) in [6.07, 6.45) is 0. The molecule has 0 atom stereocenters. The lowest BCUT2D eigenvalue weighted by atomic mass is 10.0. The van der Waals surface area contributed by atoms with E-state index in [1.807, 2.05) is 43.4 Å². The largest absolute Gasteiger partial charge is 0.337 e. The normalized spacial score (nSPS) is 10.7. The van der Waals surface area contributed by atoms with Crippen LogP contribution in [-0.2, 0) is 13.1 Å². The Hall–Kier alpha value is -3.94. The van der Waals surface area contributed by atoms with E-state index in [-0.39, 0.29) is 5.91 Å². The Kier molecular flexibility index (Phi) is 6.83. The van der Waals surface area contributed by atoms with Gasteiger partial charge >= 0.3 is 0 Å². The van der Waals surface area contributed by atoms with Gasteiger partial charge in [-0.3, -0.25) is 4.79 Å². The lowest BCUT2D eigenvalue weighted by molar-refractivity contribution is 0.0785. The van der Waals surface area contributed by atoms with Crippen LogP contribution in [0.15, 0.2) is 84.9 Å². The summed E-state index contributed by atoms with van der Waals surface area (Å²) >= 11 is 0. The number of benzene rings is 4. The summed E-state index contributed by atoms with van der Waals surface area (Å²) in [5.41, 5.74) is 5.71. The van der Waals surface area contributed by atoms with Gasteiger partial charge in [-0.25, -0.2) is 0 Å². The van der Waals surface area contributed by atoms with Crippen LogP contribution >= 0.6 is 0 Å². The number of hydrogen-bond acceptors (Lipinski definition) is 3. The topological polar surface area (TPSA) is 56.1 Å². The molecule has 0 aromatic heterocycles. The Morgan fingerprint density at radius 3 is 2.30 bits per heavy atom. The molecule has 164 valence electrons. The van der Waals surface area contributed by atoms with Gasteiger partial charge in [0.25, 0.3) is 5.91 Å². The fraction of sp³-hybridized carbons (Fsp3) is 0.172. The molecule has 0 heterocycles. The fourth-order valence-corrected chi connectivity index (χ4v) is 4.01. The number of hydrogen-bond donors (Lipinski definition) is 1. The van der Waals surface area contributed by atoms with Crippen molar-refractivity contribution in [2.45, 2.75) is 20.0 Å². The van der Waals surface area contributed by atoms with Gasteiger partial charge in [-0.15, -0.1) is 0 Å². The number of fused-ring (bicyclic) bond motifs is 1. The lowest BCUT2D eigenvalue weighted by Crippen LogP contribution is -2.26. The highest BCUT2D eigenvalue weighted by Crippen LogP contribution is 2.23. The third kappa shape index (κ3) is 5.11. The maximum atomic E-state index is 13.1. The van der Waals surface area contributed by atoms with Crippen LogP contribution in [0.2, 0.25) is 0 Å². The van der Waals surface area contributed by atoms with Crippen molar-refractivity contribution in [1.82, 2.24) is 10.2 Å². The van der Waals surface area contributed by atoms with Gasteiger partial charge in [0.2, 0.25) is 0 Å². The second kappa shape index (κ2) is 10.1. The number of nitrogens with zero attached hydrogens (tertiary/aromatic N) is 2. The van der Waals surface area contributed by atoms with Gasteiger partial charge in [-0.05, 0) is 69.9 Å². The molecule has 4 aromatic rings. The van der Waals surface area contributed by atoms with Gasteiger partial charge in [-0.2, -0.15) is 5.26 Å². The van der Waals surface area contributed by atoms with Crippen LogP contribution in [0, 0.1) is 11.3 Å². The van der Waals surface area contributed by atoms with Crippen LogP contribution in [0.5, 0.6) is 0 Å². The molecule has 0 aliphatic rings. The first-order valence-corrected chi connectivity index (χ1v) is 11.2. The number of nitriles is 1. The molecule has 0 radical (unpaired) electrons. The molecule has 0 fully saturated rings. The van der Waals surface area contributed by atoms with Crippen molar-refractivity contribution in [3.8, 4) is 17.2 Å². The van der Waals surface area contributed by atoms with E-state index in [0.29, 0.717) is 17.7 Å². The Balaban J connectivity index is 1.49. The standard InChI is InChI=1S/C29H27N3O/c1-3-31-19-22-9-16-28-26(17-22)5-4-6-27(28)20-32(2)29(33)25-14-12-24(13-15-25)23-10-7-21(18-30)8-11-23/h4-17,31H,3,19-20H2,1-2H3. The molecule has 0 spiro atoms. The molecule has 0 saturated carbocycles. The predicted octanol–water partition coefficient (Wildman–Crippen LogP) is 5.76. The summed E-state index contributed by atoms with van der Waals surface area (Å²) in [6.45, 7) is 4.44. The monoisotopic (exact) mass is 433 g/mol. The smallest absolute Gasteiger partial charge is 0.253 e. The Morgan fingerprint density at radius 1 is 0.939 bits per heavy atom. The van der Waals surface area contributed by atoms with Gasteiger partial charge in [0.15, 0.2) is 0 Å². The maximum Gasteiger partial charge on any atom is 0.253 e. The third-order valence-electron chi connectivity index (χ3n) is 5.85. The van der Waals surface area contributed by atoms with Crippen LogP contribution in [0.4, 0.5) is 0 Å². The Morgan fingerprint density at radius 2 is 1.64 bits per heavy atom. The van der Waals surface area contributed by atoms with E-state index in [9.17, 15) is 4.79 Å². The highest BCUT2D eigenvalue weighted by molar-refractivity contribution is 5.95. The van der Waals surface area contributed by atoms with E-state index in [2.05, 4.69) is 54.7 Å². The van der Waals surface area contributed by atoms with Gasteiger partial charge < -0.3 is 10.2 Å². The van der Waals surface area contributed by atoms with E-state index in [4.69, 9.17) is 5.26 Å². The van der Waals surface area contributed by atoms with Crippen molar-refractivity contribution in [1.29, 1.82) is 5.26 Å². The van der Waals surface area contributed by atoms with Crippen LogP contribution < -0.4 is 5.32 Å². The highest BCUT2D eigenvalue weighted by atomic mass is 16.2. The molecule has 4 nitrogen and oxygen atoms in total. The van der Waals surface area contributed by atoms with Crippen molar-refractivity contribution in [2.24, 2.45) is 0 Å². The average Bonchev–Trinajstić information content (AvgIpc) is 2.87. The van der Waals surface area contributed by atoms with Gasteiger partial charge in [-0.1, -0.05) is 61.5 Å². The molecule has 0 bridgehead atoms. The Bertz CT molecular complexity index is 1300. The lowest BCUT2D eigenvalue weighted by Gasteiger charge is -2.19. The molecule has 4 rings (SSSR count). The van der Waals surface area contributed by atoms with Crippen LogP contribution in [0.25, 0.3) is 21.9 Å². The van der Waals surface area contributed by atoms with E-state index >= 15 is 0 Å². The molecule has 4 heteroatoms. The molecule has 33 heavy (non-hydrogen) atoms. The summed E-state index contributed by atoms with van der Waals surface area (Å²) in [7, 11) is 1.84. The summed E-state index contributed by atoms with van der Waals surface area (Å²) in [4.78, 5) is 14.8. The van der Waals surface area contributed by atoms with E-state index < -0.39 is 0 Å². The summed E-state index contributed by atoms with van der Waals surface area (Å²) in [5, 5.41) is 14.7. The first-order valence-electron chi connectivity index (χ1n) is 11.2. The second-order valence-electron chi connectivity index (χ2n) is 8.18. The molecular weight excluding hydrogens is 406 g/mol. The number of carbonyl (C=O) groups excluding carboxylic acids is 1. The van der Waals surface area contributed by atoms with E-state index in [0.717, 1.165) is 29.8 Å². The van der Waals surface area contributed by atoms with Crippen molar-refractivity contribution >= 4 is 16.7 Å². The number of carbonyl (C=O) groups is 1. The molecule has 0 aliphatic heterocycles. The zero-order valence-corrected chi connectivity index (χ0v) is 19.0. The number of rotatable bonds is 7. The van der Waals surface area contributed by atoms with Crippen molar-refractivity contribution in [3.05, 3.63) is 107 Å². The molecule has 0 saturated heterocycles. The predicted molar refractivity (Wildman–Crippen MR) is 134 cm³/mol. The van der Waals surface area contributed by atoms with E-state index in [1.54, 1.807) is 17.0 Å². The minimum absolute atomic E-state index is 0.0119. The quantitative estimate of drug-likeness (QED) is 0.403. The summed E-state index contributed by atoms with van der Waals surface area (Å²) < 4.78 is 0. The van der Waals surface area contributed by atoms with Crippen LogP contribution in [-0.4, -0.2) is 24.4 Å². The SMILES string of the molecule is CCNCc1ccc2c(CN(C)C(=O)c3ccc(-c4ccc(C#N)cc4)cc3)cccc2c1. The second-order valence-corrected chi connectivity index (χ2v) is 8.18. The van der Waals surface area contributed by atoms with Gasteiger partial charge in [0.1, 0.15) is 0 Å². The minimum Gasteiger partial charge on any atom is -0.337 e.